The normalized spacial score (nSPS) is 11.2. The summed E-state index contributed by atoms with van der Waals surface area (Å²) in [5, 5.41) is 22.5. The van der Waals surface area contributed by atoms with Crippen molar-refractivity contribution >= 4 is 93.9 Å². The van der Waals surface area contributed by atoms with Crippen molar-refractivity contribution in [1.29, 1.82) is 0 Å². The van der Waals surface area contributed by atoms with E-state index in [-0.39, 0.29) is 87.0 Å². The first-order chi connectivity index (χ1) is 34.7. The van der Waals surface area contributed by atoms with Gasteiger partial charge in [0.15, 0.2) is 17.4 Å². The van der Waals surface area contributed by atoms with Crippen molar-refractivity contribution in [3.63, 3.8) is 0 Å². The molecule has 0 saturated heterocycles. The van der Waals surface area contributed by atoms with Crippen molar-refractivity contribution in [1.82, 2.24) is 24.9 Å². The van der Waals surface area contributed by atoms with Crippen molar-refractivity contribution in [2.75, 3.05) is 63.6 Å². The molecule has 1 aliphatic heterocycles. The smallest absolute Gasteiger partial charge is 1.00 e. The molecule has 0 unspecified atom stereocenters. The van der Waals surface area contributed by atoms with Crippen LogP contribution in [0.4, 0.5) is 0 Å². The fourth-order valence-corrected chi connectivity index (χ4v) is 7.62. The second-order valence-electron chi connectivity index (χ2n) is 18.0. The molecule has 5 aromatic carbocycles. The molecule has 0 radical (unpaired) electrons. The molecule has 1 aliphatic rings. The van der Waals surface area contributed by atoms with Crippen molar-refractivity contribution in [3.8, 4) is 0 Å². The van der Waals surface area contributed by atoms with Gasteiger partial charge >= 0.3 is 43.9 Å². The number of hydrogen-bond acceptors (Lipinski definition) is 14. The van der Waals surface area contributed by atoms with Gasteiger partial charge < -0.3 is 50.4 Å². The Balaban J connectivity index is -0.00000102. The molecule has 15 nitrogen and oxygen atoms in total. The Morgan fingerprint density at radius 1 is 0.737 bits per heavy atom. The number of amides is 1. The summed E-state index contributed by atoms with van der Waals surface area (Å²) < 4.78 is 20.0. The van der Waals surface area contributed by atoms with Crippen LogP contribution in [0.15, 0.2) is 109 Å². The second-order valence-corrected chi connectivity index (χ2v) is 18.9. The Morgan fingerprint density at radius 3 is 1.61 bits per heavy atom. The molecule has 0 aromatic heterocycles. The molecule has 0 spiro atoms. The molecule has 5 aromatic rings. The monoisotopic (exact) mass is 1160 g/mol. The maximum atomic E-state index is 13.0. The SMILES string of the molecule is CN(C)Cc1cccc(CO)c1.CNCl.COC(=O)c1cccc(CBr)c1.COC(=O)c1cccc(CN(C)C)c1.Cc1c(C(=O)N[C@H](C(=O)OCc2cccc(CN(C)C)c2)C(C)C)ccc2c1B(O)OC2.Cl.[AlH3].[H-].[Li+]. The van der Waals surface area contributed by atoms with E-state index in [1.54, 1.807) is 44.3 Å². The van der Waals surface area contributed by atoms with Crippen LogP contribution in [0.3, 0.4) is 0 Å². The fourth-order valence-electron chi connectivity index (χ4n) is 7.27. The number of nitrogens with one attached hydrogen (secondary N) is 2. The van der Waals surface area contributed by atoms with E-state index in [1.165, 1.54) is 19.8 Å². The molecule has 0 fully saturated rings. The first-order valence-corrected chi connectivity index (χ1v) is 25.0. The number of aliphatic hydroxyl groups excluding tert-OH is 1. The standard InChI is InChI=1S/C24H31BN2O5.C11H15NO2.C10H15NO.C9H9BrO2.CH4ClN.Al.ClH.Li.4H/c1-15(2)22(24(29)31-13-18-8-6-7-17(11-18)12-27(4)5)26-23(28)20-10-9-19-14-32-25(30)21(19)16(20)3;1-12(2)8-9-5-4-6-10(7-9)11(13)14-3;1-11(2)7-9-4-3-5-10(6-9)8-12;1-12-9(11)8-4-2-3-7(5-8)6-10;1-3-2;;;;;;;/h6-11,15,22,30H,12-14H2,1-5H3,(H,26,28);4-7H,8H2,1-3H3;3-6,12H,7-8H2,1-2H3;2-5H,6H2,1H3;3H,1H3;;1H;;;;;/q;;;;;;;+1;;;;-1/t22-;;;;;;;;;;;/m0.........../s1. The molecule has 76 heavy (non-hydrogen) atoms. The van der Waals surface area contributed by atoms with Crippen LogP contribution in [0.5, 0.6) is 0 Å². The molecule has 0 bridgehead atoms. The maximum absolute atomic E-state index is 13.0. The summed E-state index contributed by atoms with van der Waals surface area (Å²) in [5.41, 5.74) is 10.2. The van der Waals surface area contributed by atoms with Crippen LogP contribution in [0.1, 0.15) is 90.9 Å². The Morgan fingerprint density at radius 2 is 1.16 bits per heavy atom. The minimum Gasteiger partial charge on any atom is -1.00 e. The molecular weight excluding hydrogens is 1090 g/mol. The minimum absolute atomic E-state index is 0. The Hall–Kier alpha value is -4.05. The van der Waals surface area contributed by atoms with E-state index in [4.69, 9.17) is 26.3 Å². The van der Waals surface area contributed by atoms with E-state index < -0.39 is 19.1 Å². The second kappa shape index (κ2) is 40.2. The number of ether oxygens (including phenoxy) is 3. The van der Waals surface area contributed by atoms with Crippen LogP contribution in [0.2, 0.25) is 0 Å². The third kappa shape index (κ3) is 27.0. The van der Waals surface area contributed by atoms with Gasteiger partial charge in [0, 0.05) is 30.5 Å². The fraction of sp³-hybridized carbons (Fsp3) is 0.382. The number of benzene rings is 5. The third-order valence-electron chi connectivity index (χ3n) is 10.6. The van der Waals surface area contributed by atoms with Gasteiger partial charge in [0.05, 0.1) is 38.6 Å². The minimum atomic E-state index is -1.04. The summed E-state index contributed by atoms with van der Waals surface area (Å²) in [6.45, 7) is 8.62. The first kappa shape index (κ1) is 74.0. The van der Waals surface area contributed by atoms with Gasteiger partial charge in [0.1, 0.15) is 12.6 Å². The van der Waals surface area contributed by atoms with Crippen LogP contribution < -0.4 is 34.5 Å². The van der Waals surface area contributed by atoms with E-state index in [0.29, 0.717) is 34.3 Å². The molecule has 0 saturated carbocycles. The average molecular weight is 1170 g/mol. The Labute approximate surface area is 495 Å². The summed E-state index contributed by atoms with van der Waals surface area (Å²) in [6, 6.07) is 33.4. The third-order valence-corrected chi connectivity index (χ3v) is 11.2. The van der Waals surface area contributed by atoms with Gasteiger partial charge in [-0.25, -0.2) is 19.2 Å². The molecule has 1 heterocycles. The largest absolute Gasteiger partial charge is 1.00 e. The number of esters is 3. The van der Waals surface area contributed by atoms with Gasteiger partial charge in [-0.05, 0) is 154 Å². The van der Waals surface area contributed by atoms with Crippen LogP contribution in [0, 0.1) is 12.8 Å². The topological polar surface area (TPSA) is 179 Å². The number of halogens is 3. The maximum Gasteiger partial charge on any atom is 1.00 e. The molecule has 0 aliphatic carbocycles. The van der Waals surface area contributed by atoms with Crippen molar-refractivity contribution < 1.29 is 68.5 Å². The predicted octanol–water partition coefficient (Wildman–Crippen LogP) is 3.63. The van der Waals surface area contributed by atoms with Crippen LogP contribution in [-0.2, 0) is 68.4 Å². The van der Waals surface area contributed by atoms with Gasteiger partial charge in [0.25, 0.3) is 5.91 Å². The van der Waals surface area contributed by atoms with Crippen LogP contribution in [-0.4, -0.2) is 143 Å². The van der Waals surface area contributed by atoms with E-state index >= 15 is 0 Å². The van der Waals surface area contributed by atoms with E-state index in [9.17, 15) is 24.2 Å². The summed E-state index contributed by atoms with van der Waals surface area (Å²) in [4.78, 5) is 56.5. The molecular formula is C55H79AlBBrCl2LiN5O10. The van der Waals surface area contributed by atoms with Crippen molar-refractivity contribution in [2.45, 2.75) is 71.6 Å². The van der Waals surface area contributed by atoms with Gasteiger partial charge in [-0.15, -0.1) is 12.4 Å². The number of nitrogens with zero attached hydrogens (tertiary/aromatic N) is 3. The number of alkyl halides is 1. The van der Waals surface area contributed by atoms with Gasteiger partial charge in [-0.2, -0.15) is 0 Å². The van der Waals surface area contributed by atoms with E-state index in [1.807, 2.05) is 129 Å². The van der Waals surface area contributed by atoms with E-state index in [0.717, 1.165) is 58.3 Å². The number of carbonyl (C=O) groups is 4. The Kier molecular flexibility index (Phi) is 39.1. The number of hydrogen-bond donors (Lipinski definition) is 4. The molecule has 6 rings (SSSR count). The van der Waals surface area contributed by atoms with Gasteiger partial charge in [-0.1, -0.05) is 109 Å². The molecule has 1 atom stereocenters. The number of rotatable bonds is 16. The zero-order valence-corrected chi connectivity index (χ0v) is 48.9. The number of aliphatic hydroxyl groups is 1. The van der Waals surface area contributed by atoms with Crippen LogP contribution in [0.25, 0.3) is 0 Å². The zero-order valence-electron chi connectivity index (χ0n) is 46.7. The average Bonchev–Trinajstić information content (AvgIpc) is 3.75. The number of fused-ring (bicyclic) bond motifs is 1. The summed E-state index contributed by atoms with van der Waals surface area (Å²) >= 11 is 8.06. The number of carbonyl (C=O) groups excluding carboxylic acids is 4. The zero-order chi connectivity index (χ0) is 54.6. The van der Waals surface area contributed by atoms with Gasteiger partial charge in [0.2, 0.25) is 0 Å². The van der Waals surface area contributed by atoms with E-state index in [2.05, 4.69) is 56.3 Å². The first-order valence-electron chi connectivity index (χ1n) is 23.5. The quantitative estimate of drug-likeness (QED) is 0.0370. The summed E-state index contributed by atoms with van der Waals surface area (Å²) in [7, 11) is 15.4. The van der Waals surface area contributed by atoms with Crippen molar-refractivity contribution in [2.24, 2.45) is 5.92 Å². The van der Waals surface area contributed by atoms with Crippen molar-refractivity contribution in [3.05, 3.63) is 170 Å². The summed E-state index contributed by atoms with van der Waals surface area (Å²) in [6.07, 6.45) is 0. The van der Waals surface area contributed by atoms with Crippen LogP contribution >= 0.6 is 40.1 Å². The summed E-state index contributed by atoms with van der Waals surface area (Å²) in [5.74, 6) is -1.60. The Bertz CT molecular complexity index is 2520. The number of methoxy groups -OCH3 is 2. The molecule has 4 N–H and O–H groups in total. The van der Waals surface area contributed by atoms with Gasteiger partial charge in [-0.3, -0.25) is 4.79 Å². The predicted molar refractivity (Wildman–Crippen MR) is 312 cm³/mol. The molecule has 1 amide bonds. The molecule has 412 valence electrons. The molecule has 21 heteroatoms.